The Bertz CT molecular complexity index is 541. The smallest absolute Gasteiger partial charge is 0.293 e. The predicted molar refractivity (Wildman–Crippen MR) is 73.6 cm³/mol. The Balaban J connectivity index is 2.04. The van der Waals surface area contributed by atoms with Crippen LogP contribution in [0.25, 0.3) is 0 Å². The number of aromatic nitrogens is 1. The highest BCUT2D eigenvalue weighted by Crippen LogP contribution is 2.15. The van der Waals surface area contributed by atoms with Crippen molar-refractivity contribution in [2.24, 2.45) is 0 Å². The summed E-state index contributed by atoms with van der Waals surface area (Å²) >= 11 is 0. The molecular formula is C15H16N2O2. The fraction of sp³-hybridized carbons (Fsp3) is 0.200. The molecule has 1 heterocycles. The van der Waals surface area contributed by atoms with Gasteiger partial charge < -0.3 is 10.5 Å². The molecule has 0 atom stereocenters. The second-order valence-corrected chi connectivity index (χ2v) is 4.26. The van der Waals surface area contributed by atoms with Gasteiger partial charge in [-0.05, 0) is 23.6 Å². The molecule has 0 aliphatic rings. The van der Waals surface area contributed by atoms with Crippen LogP contribution < -0.4 is 5.73 Å². The van der Waals surface area contributed by atoms with Crippen molar-refractivity contribution in [3.05, 3.63) is 59.4 Å². The zero-order chi connectivity index (χ0) is 13.5. The molecule has 1 aromatic carbocycles. The zero-order valence-electron chi connectivity index (χ0n) is 10.6. The summed E-state index contributed by atoms with van der Waals surface area (Å²) in [7, 11) is 0. The molecule has 2 aromatic rings. The predicted octanol–water partition coefficient (Wildman–Crippen LogP) is 1.97. The van der Waals surface area contributed by atoms with Gasteiger partial charge in [-0.3, -0.25) is 9.78 Å². The molecular weight excluding hydrogens is 240 g/mol. The first-order chi connectivity index (χ1) is 9.29. The SMILES string of the molecule is Nc1cc(Cc2ccccc2)cnc1CCOC=O. The molecule has 0 saturated heterocycles. The van der Waals surface area contributed by atoms with Gasteiger partial charge in [0.15, 0.2) is 0 Å². The summed E-state index contributed by atoms with van der Waals surface area (Å²) in [6.45, 7) is 0.735. The van der Waals surface area contributed by atoms with Gasteiger partial charge in [-0.1, -0.05) is 30.3 Å². The molecule has 4 nitrogen and oxygen atoms in total. The number of ether oxygens (including phenoxy) is 1. The molecule has 0 radical (unpaired) electrons. The average molecular weight is 256 g/mol. The zero-order valence-corrected chi connectivity index (χ0v) is 10.6. The molecule has 0 unspecified atom stereocenters. The van der Waals surface area contributed by atoms with Crippen molar-refractivity contribution in [2.75, 3.05) is 12.3 Å². The minimum absolute atomic E-state index is 0.304. The number of pyridine rings is 1. The lowest BCUT2D eigenvalue weighted by atomic mass is 10.1. The second-order valence-electron chi connectivity index (χ2n) is 4.26. The van der Waals surface area contributed by atoms with Gasteiger partial charge in [0.05, 0.1) is 18.0 Å². The third-order valence-corrected chi connectivity index (χ3v) is 2.84. The second kappa shape index (κ2) is 6.54. The maximum Gasteiger partial charge on any atom is 0.293 e. The summed E-state index contributed by atoms with van der Waals surface area (Å²) in [5, 5.41) is 0. The van der Waals surface area contributed by atoms with Crippen LogP contribution in [0.15, 0.2) is 42.6 Å². The van der Waals surface area contributed by atoms with Gasteiger partial charge in [0.2, 0.25) is 0 Å². The summed E-state index contributed by atoms with van der Waals surface area (Å²) in [5.41, 5.74) is 9.65. The van der Waals surface area contributed by atoms with E-state index >= 15 is 0 Å². The highest BCUT2D eigenvalue weighted by molar-refractivity contribution is 5.46. The van der Waals surface area contributed by atoms with E-state index in [1.807, 2.05) is 30.5 Å². The Kier molecular flexibility index (Phi) is 4.50. The van der Waals surface area contributed by atoms with E-state index in [1.54, 1.807) is 0 Å². The van der Waals surface area contributed by atoms with Crippen LogP contribution in [-0.4, -0.2) is 18.1 Å². The first-order valence-electron chi connectivity index (χ1n) is 6.12. The topological polar surface area (TPSA) is 65.2 Å². The Morgan fingerprint density at radius 2 is 2.00 bits per heavy atom. The fourth-order valence-electron chi connectivity index (χ4n) is 1.90. The van der Waals surface area contributed by atoms with E-state index in [9.17, 15) is 4.79 Å². The van der Waals surface area contributed by atoms with E-state index in [0.29, 0.717) is 25.2 Å². The van der Waals surface area contributed by atoms with Crippen LogP contribution in [0.1, 0.15) is 16.8 Å². The van der Waals surface area contributed by atoms with Gasteiger partial charge in [-0.2, -0.15) is 0 Å². The number of carbonyl (C=O) groups is 1. The van der Waals surface area contributed by atoms with E-state index in [2.05, 4.69) is 21.9 Å². The number of anilines is 1. The average Bonchev–Trinajstić information content (AvgIpc) is 2.43. The van der Waals surface area contributed by atoms with Gasteiger partial charge in [0, 0.05) is 12.6 Å². The van der Waals surface area contributed by atoms with Crippen LogP contribution >= 0.6 is 0 Å². The van der Waals surface area contributed by atoms with E-state index < -0.39 is 0 Å². The first-order valence-corrected chi connectivity index (χ1v) is 6.12. The maximum atomic E-state index is 10.1. The lowest BCUT2D eigenvalue weighted by Gasteiger charge is -2.07. The van der Waals surface area contributed by atoms with Crippen molar-refractivity contribution in [3.8, 4) is 0 Å². The minimum Gasteiger partial charge on any atom is -0.467 e. The van der Waals surface area contributed by atoms with Crippen LogP contribution in [0.5, 0.6) is 0 Å². The molecule has 4 heteroatoms. The molecule has 0 bridgehead atoms. The van der Waals surface area contributed by atoms with E-state index in [-0.39, 0.29) is 0 Å². The monoisotopic (exact) mass is 256 g/mol. The number of nitrogens with zero attached hydrogens (tertiary/aromatic N) is 1. The Morgan fingerprint density at radius 3 is 2.68 bits per heavy atom. The van der Waals surface area contributed by atoms with Crippen molar-refractivity contribution in [1.29, 1.82) is 0 Å². The largest absolute Gasteiger partial charge is 0.467 e. The summed E-state index contributed by atoms with van der Waals surface area (Å²) in [4.78, 5) is 14.4. The molecule has 1 aromatic heterocycles. The van der Waals surface area contributed by atoms with Crippen molar-refractivity contribution in [2.45, 2.75) is 12.8 Å². The number of benzene rings is 1. The number of carbonyl (C=O) groups excluding carboxylic acids is 1. The molecule has 98 valence electrons. The third kappa shape index (κ3) is 3.81. The lowest BCUT2D eigenvalue weighted by molar-refractivity contribution is -0.128. The molecule has 19 heavy (non-hydrogen) atoms. The van der Waals surface area contributed by atoms with E-state index in [0.717, 1.165) is 17.7 Å². The number of hydrogen-bond donors (Lipinski definition) is 1. The Hall–Kier alpha value is -2.36. The summed E-state index contributed by atoms with van der Waals surface area (Å²) in [5.74, 6) is 0. The fourth-order valence-corrected chi connectivity index (χ4v) is 1.90. The third-order valence-electron chi connectivity index (χ3n) is 2.84. The highest BCUT2D eigenvalue weighted by Gasteiger charge is 2.04. The van der Waals surface area contributed by atoms with Crippen LogP contribution in [0.4, 0.5) is 5.69 Å². The van der Waals surface area contributed by atoms with E-state index in [1.165, 1.54) is 5.56 Å². The quantitative estimate of drug-likeness (QED) is 0.634. The van der Waals surface area contributed by atoms with Gasteiger partial charge >= 0.3 is 0 Å². The maximum absolute atomic E-state index is 10.1. The van der Waals surface area contributed by atoms with Crippen LogP contribution in [0, 0.1) is 0 Å². The molecule has 0 spiro atoms. The van der Waals surface area contributed by atoms with Gasteiger partial charge in [0.25, 0.3) is 6.47 Å². The molecule has 0 saturated carbocycles. The number of nitrogen functional groups attached to an aromatic ring is 1. The van der Waals surface area contributed by atoms with Gasteiger partial charge in [-0.25, -0.2) is 0 Å². The highest BCUT2D eigenvalue weighted by atomic mass is 16.5. The minimum atomic E-state index is 0.304. The van der Waals surface area contributed by atoms with Crippen molar-refractivity contribution in [3.63, 3.8) is 0 Å². The molecule has 0 aliphatic carbocycles. The van der Waals surface area contributed by atoms with E-state index in [4.69, 9.17) is 5.73 Å². The van der Waals surface area contributed by atoms with Crippen molar-refractivity contribution in [1.82, 2.24) is 4.98 Å². The normalized spacial score (nSPS) is 10.1. The molecule has 0 fully saturated rings. The van der Waals surface area contributed by atoms with Gasteiger partial charge in [-0.15, -0.1) is 0 Å². The molecule has 2 rings (SSSR count). The summed E-state index contributed by atoms with van der Waals surface area (Å²) in [6.07, 6.45) is 3.17. The Morgan fingerprint density at radius 1 is 1.21 bits per heavy atom. The number of nitrogens with two attached hydrogens (primary N) is 1. The standard InChI is InChI=1S/C15H16N2O2/c16-14-9-13(8-12-4-2-1-3-5-12)10-17-15(14)6-7-19-11-18/h1-5,9-11H,6-8,16H2. The molecule has 2 N–H and O–H groups in total. The van der Waals surface area contributed by atoms with Crippen molar-refractivity contribution < 1.29 is 9.53 Å². The van der Waals surface area contributed by atoms with Gasteiger partial charge in [0.1, 0.15) is 0 Å². The number of rotatable bonds is 6. The first kappa shape index (κ1) is 13.1. The Labute approximate surface area is 112 Å². The molecule has 0 aliphatic heterocycles. The number of hydrogen-bond acceptors (Lipinski definition) is 4. The van der Waals surface area contributed by atoms with Crippen LogP contribution in [0.3, 0.4) is 0 Å². The van der Waals surface area contributed by atoms with Crippen LogP contribution in [0.2, 0.25) is 0 Å². The lowest BCUT2D eigenvalue weighted by Crippen LogP contribution is -2.04. The summed E-state index contributed by atoms with van der Waals surface area (Å²) in [6, 6.07) is 12.1. The summed E-state index contributed by atoms with van der Waals surface area (Å²) < 4.78 is 4.64. The van der Waals surface area contributed by atoms with Crippen LogP contribution in [-0.2, 0) is 22.4 Å². The molecule has 0 amide bonds. The van der Waals surface area contributed by atoms with Crippen molar-refractivity contribution >= 4 is 12.2 Å².